The molecule has 0 radical (unpaired) electrons. The van der Waals surface area contributed by atoms with Gasteiger partial charge in [-0.25, -0.2) is 9.78 Å². The second-order valence-electron chi connectivity index (χ2n) is 4.51. The predicted octanol–water partition coefficient (Wildman–Crippen LogP) is 4.28. The van der Waals surface area contributed by atoms with Gasteiger partial charge in [-0.2, -0.15) is 0 Å². The molecule has 21 heavy (non-hydrogen) atoms. The van der Waals surface area contributed by atoms with Gasteiger partial charge < -0.3 is 10.4 Å². The third-order valence-electron chi connectivity index (χ3n) is 3.06. The van der Waals surface area contributed by atoms with Gasteiger partial charge in [0.2, 0.25) is 0 Å². The van der Waals surface area contributed by atoms with Crippen LogP contribution in [0.2, 0.25) is 0 Å². The maximum absolute atomic E-state index is 11.2. The fourth-order valence-electron chi connectivity index (χ4n) is 2.13. The highest BCUT2D eigenvalue weighted by atomic mass is 127. The van der Waals surface area contributed by atoms with Gasteiger partial charge in [0.1, 0.15) is 5.82 Å². The number of anilines is 2. The average molecular weight is 390 g/mol. The highest BCUT2D eigenvalue weighted by Crippen LogP contribution is 2.22. The van der Waals surface area contributed by atoms with E-state index >= 15 is 0 Å². The quantitative estimate of drug-likeness (QED) is 0.656. The fourth-order valence-corrected chi connectivity index (χ4v) is 2.67. The van der Waals surface area contributed by atoms with Crippen molar-refractivity contribution in [2.75, 3.05) is 5.32 Å². The smallest absolute Gasteiger partial charge is 0.336 e. The average Bonchev–Trinajstić information content (AvgIpc) is 2.46. The van der Waals surface area contributed by atoms with Gasteiger partial charge in [0, 0.05) is 14.6 Å². The van der Waals surface area contributed by atoms with E-state index in [1.165, 1.54) is 0 Å². The predicted molar refractivity (Wildman–Crippen MR) is 91.1 cm³/mol. The standard InChI is InChI=1S/C16H11IN2O2/c17-10-3-1-4-11(9-10)18-15-8-7-12-13(16(20)21)5-2-6-14(12)19-15/h1-9H,(H,18,19)(H,20,21). The first-order valence-corrected chi connectivity index (χ1v) is 7.37. The Kier molecular flexibility index (Phi) is 3.74. The molecule has 104 valence electrons. The number of nitrogens with zero attached hydrogens (tertiary/aromatic N) is 1. The van der Waals surface area contributed by atoms with E-state index < -0.39 is 5.97 Å². The maximum atomic E-state index is 11.2. The van der Waals surface area contributed by atoms with Crippen LogP contribution in [0.3, 0.4) is 0 Å². The molecule has 0 saturated carbocycles. The number of hydrogen-bond acceptors (Lipinski definition) is 3. The maximum Gasteiger partial charge on any atom is 0.336 e. The van der Waals surface area contributed by atoms with Gasteiger partial charge in [-0.05, 0) is 65.1 Å². The Morgan fingerprint density at radius 2 is 1.90 bits per heavy atom. The summed E-state index contributed by atoms with van der Waals surface area (Å²) in [6, 6.07) is 16.6. The lowest BCUT2D eigenvalue weighted by molar-refractivity contribution is 0.0699. The number of benzene rings is 2. The van der Waals surface area contributed by atoms with Crippen LogP contribution >= 0.6 is 22.6 Å². The number of fused-ring (bicyclic) bond motifs is 1. The summed E-state index contributed by atoms with van der Waals surface area (Å²) < 4.78 is 1.13. The van der Waals surface area contributed by atoms with E-state index in [0.29, 0.717) is 16.7 Å². The summed E-state index contributed by atoms with van der Waals surface area (Å²) in [6.07, 6.45) is 0. The van der Waals surface area contributed by atoms with Crippen molar-refractivity contribution in [3.8, 4) is 0 Å². The van der Waals surface area contributed by atoms with Crippen LogP contribution in [0.1, 0.15) is 10.4 Å². The molecule has 3 rings (SSSR count). The molecule has 0 fully saturated rings. The number of carbonyl (C=O) groups is 1. The van der Waals surface area contributed by atoms with E-state index in [2.05, 4.69) is 32.9 Å². The molecular weight excluding hydrogens is 379 g/mol. The second-order valence-corrected chi connectivity index (χ2v) is 5.75. The van der Waals surface area contributed by atoms with Crippen molar-refractivity contribution in [2.24, 2.45) is 0 Å². The second kappa shape index (κ2) is 5.69. The van der Waals surface area contributed by atoms with Crippen LogP contribution in [0, 0.1) is 3.57 Å². The van der Waals surface area contributed by atoms with Crippen molar-refractivity contribution in [2.45, 2.75) is 0 Å². The molecule has 0 unspecified atom stereocenters. The van der Waals surface area contributed by atoms with Crippen LogP contribution in [-0.4, -0.2) is 16.1 Å². The monoisotopic (exact) mass is 390 g/mol. The number of nitrogens with one attached hydrogen (secondary N) is 1. The molecule has 0 aliphatic carbocycles. The van der Waals surface area contributed by atoms with E-state index in [0.717, 1.165) is 9.26 Å². The minimum Gasteiger partial charge on any atom is -0.478 e. The molecule has 4 nitrogen and oxygen atoms in total. The van der Waals surface area contributed by atoms with Gasteiger partial charge in [0.25, 0.3) is 0 Å². The number of halogens is 1. The molecule has 0 amide bonds. The lowest BCUT2D eigenvalue weighted by atomic mass is 10.1. The molecule has 2 N–H and O–H groups in total. The largest absolute Gasteiger partial charge is 0.478 e. The van der Waals surface area contributed by atoms with Crippen molar-refractivity contribution in [1.29, 1.82) is 0 Å². The van der Waals surface area contributed by atoms with E-state index in [1.54, 1.807) is 24.3 Å². The van der Waals surface area contributed by atoms with Crippen molar-refractivity contribution in [3.05, 3.63) is 63.7 Å². The Labute approximate surface area is 135 Å². The first-order valence-electron chi connectivity index (χ1n) is 6.29. The molecule has 0 spiro atoms. The highest BCUT2D eigenvalue weighted by molar-refractivity contribution is 14.1. The number of aromatic nitrogens is 1. The first-order chi connectivity index (χ1) is 10.1. The van der Waals surface area contributed by atoms with Crippen LogP contribution in [0.4, 0.5) is 11.5 Å². The van der Waals surface area contributed by atoms with Crippen LogP contribution in [0.25, 0.3) is 10.9 Å². The first kappa shape index (κ1) is 13.8. The zero-order valence-corrected chi connectivity index (χ0v) is 13.0. The number of aromatic carboxylic acids is 1. The summed E-state index contributed by atoms with van der Waals surface area (Å²) in [4.78, 5) is 15.7. The van der Waals surface area contributed by atoms with Gasteiger partial charge in [0.15, 0.2) is 0 Å². The number of carboxylic acid groups (broad SMARTS) is 1. The summed E-state index contributed by atoms with van der Waals surface area (Å²) in [6.45, 7) is 0. The summed E-state index contributed by atoms with van der Waals surface area (Å²) in [5.74, 6) is -0.257. The number of carboxylic acids is 1. The van der Waals surface area contributed by atoms with Crippen LogP contribution in [0.15, 0.2) is 54.6 Å². The van der Waals surface area contributed by atoms with E-state index in [-0.39, 0.29) is 5.56 Å². The SMILES string of the molecule is O=C(O)c1cccc2nc(Nc3cccc(I)c3)ccc12. The van der Waals surface area contributed by atoms with Gasteiger partial charge >= 0.3 is 5.97 Å². The van der Waals surface area contributed by atoms with Gasteiger partial charge in [0.05, 0.1) is 11.1 Å². The third kappa shape index (κ3) is 2.97. The zero-order chi connectivity index (χ0) is 14.8. The minimum absolute atomic E-state index is 0.265. The summed E-state index contributed by atoms with van der Waals surface area (Å²) in [7, 11) is 0. The Balaban J connectivity index is 2.00. The topological polar surface area (TPSA) is 62.2 Å². The van der Waals surface area contributed by atoms with Gasteiger partial charge in [-0.1, -0.05) is 12.1 Å². The molecule has 3 aromatic rings. The molecule has 1 heterocycles. The van der Waals surface area contributed by atoms with E-state index in [4.69, 9.17) is 0 Å². The molecule has 0 aliphatic heterocycles. The number of rotatable bonds is 3. The van der Waals surface area contributed by atoms with Crippen LogP contribution in [0.5, 0.6) is 0 Å². The fraction of sp³-hybridized carbons (Fsp3) is 0. The summed E-state index contributed by atoms with van der Waals surface area (Å²) >= 11 is 2.25. The van der Waals surface area contributed by atoms with E-state index in [9.17, 15) is 9.90 Å². The Hall–Kier alpha value is -2.15. The van der Waals surface area contributed by atoms with Gasteiger partial charge in [-0.15, -0.1) is 0 Å². The lowest BCUT2D eigenvalue weighted by Gasteiger charge is -2.08. The zero-order valence-electron chi connectivity index (χ0n) is 10.9. The van der Waals surface area contributed by atoms with Crippen molar-refractivity contribution >= 4 is 51.0 Å². The Morgan fingerprint density at radius 3 is 2.67 bits per heavy atom. The molecule has 0 aliphatic rings. The van der Waals surface area contributed by atoms with Gasteiger partial charge in [-0.3, -0.25) is 0 Å². The number of pyridine rings is 1. The minimum atomic E-state index is -0.944. The normalized spacial score (nSPS) is 10.5. The Bertz CT molecular complexity index is 833. The number of hydrogen-bond donors (Lipinski definition) is 2. The molecule has 1 aromatic heterocycles. The highest BCUT2D eigenvalue weighted by Gasteiger charge is 2.09. The Morgan fingerprint density at radius 1 is 1.10 bits per heavy atom. The van der Waals surface area contributed by atoms with Crippen molar-refractivity contribution in [1.82, 2.24) is 4.98 Å². The molecule has 5 heteroatoms. The molecule has 0 atom stereocenters. The lowest BCUT2D eigenvalue weighted by Crippen LogP contribution is -1.99. The van der Waals surface area contributed by atoms with Crippen LogP contribution in [-0.2, 0) is 0 Å². The van der Waals surface area contributed by atoms with E-state index in [1.807, 2.05) is 30.3 Å². The molecule has 0 saturated heterocycles. The van der Waals surface area contributed by atoms with Crippen molar-refractivity contribution < 1.29 is 9.90 Å². The molecule has 0 bridgehead atoms. The molecular formula is C16H11IN2O2. The molecule has 2 aromatic carbocycles. The van der Waals surface area contributed by atoms with Crippen molar-refractivity contribution in [3.63, 3.8) is 0 Å². The summed E-state index contributed by atoms with van der Waals surface area (Å²) in [5, 5.41) is 13.0. The summed E-state index contributed by atoms with van der Waals surface area (Å²) in [5.41, 5.74) is 1.87. The third-order valence-corrected chi connectivity index (χ3v) is 3.73. The van der Waals surface area contributed by atoms with Crippen LogP contribution < -0.4 is 5.32 Å².